The van der Waals surface area contributed by atoms with Crippen LogP contribution in [0.4, 0.5) is 11.6 Å². The Morgan fingerprint density at radius 3 is 2.39 bits per heavy atom. The second-order valence-corrected chi connectivity index (χ2v) is 10.0. The third-order valence-electron chi connectivity index (χ3n) is 6.99. The van der Waals surface area contributed by atoms with Gasteiger partial charge < -0.3 is 14.2 Å². The molecule has 2 aromatic heterocycles. The lowest BCUT2D eigenvalue weighted by molar-refractivity contribution is 0.457. The van der Waals surface area contributed by atoms with E-state index in [1.807, 2.05) is 90.4 Å². The van der Waals surface area contributed by atoms with Crippen LogP contribution in [0.3, 0.4) is 0 Å². The second-order valence-electron chi connectivity index (χ2n) is 10.0. The molecule has 0 aliphatic carbocycles. The molecule has 0 fully saturated rings. The van der Waals surface area contributed by atoms with Crippen molar-refractivity contribution in [2.75, 3.05) is 11.4 Å². The van der Waals surface area contributed by atoms with Gasteiger partial charge in [-0.1, -0.05) is 55.0 Å². The standard InChI is InChI=1S/C30H29N5O3/c1-20-8-7-9-22(16-20)19-35-28(36)26-27(32(3)30(35)37)31-29-33(17-21(2)18-34(26)29)23-12-14-25(15-13-23)38-24-10-5-4-6-11-24/h4-16,21H,17-19H2,1-3H3/t21-/m1/s1. The maximum Gasteiger partial charge on any atom is 0.332 e. The van der Waals surface area contributed by atoms with E-state index in [0.29, 0.717) is 23.7 Å². The fraction of sp³-hybridized carbons (Fsp3) is 0.233. The summed E-state index contributed by atoms with van der Waals surface area (Å²) in [6, 6.07) is 25.4. The van der Waals surface area contributed by atoms with E-state index in [0.717, 1.165) is 34.9 Å². The minimum absolute atomic E-state index is 0.214. The summed E-state index contributed by atoms with van der Waals surface area (Å²) in [5, 5.41) is 0. The average Bonchev–Trinajstić information content (AvgIpc) is 3.30. The Labute approximate surface area is 220 Å². The molecule has 0 spiro atoms. The molecule has 0 N–H and O–H groups in total. The first-order valence-corrected chi connectivity index (χ1v) is 12.7. The predicted molar refractivity (Wildman–Crippen MR) is 149 cm³/mol. The van der Waals surface area contributed by atoms with Crippen LogP contribution in [-0.2, 0) is 20.1 Å². The Balaban J connectivity index is 1.41. The van der Waals surface area contributed by atoms with Crippen molar-refractivity contribution < 1.29 is 4.74 Å². The Morgan fingerprint density at radius 2 is 1.66 bits per heavy atom. The van der Waals surface area contributed by atoms with E-state index in [4.69, 9.17) is 9.72 Å². The van der Waals surface area contributed by atoms with E-state index in [2.05, 4.69) is 11.8 Å². The molecule has 1 atom stereocenters. The fourth-order valence-electron chi connectivity index (χ4n) is 5.17. The molecule has 6 rings (SSSR count). The van der Waals surface area contributed by atoms with Crippen LogP contribution in [0.15, 0.2) is 88.5 Å². The molecule has 5 aromatic rings. The number of benzene rings is 3. The van der Waals surface area contributed by atoms with Crippen LogP contribution in [0.5, 0.6) is 11.5 Å². The highest BCUT2D eigenvalue weighted by molar-refractivity contribution is 5.77. The smallest absolute Gasteiger partial charge is 0.332 e. The van der Waals surface area contributed by atoms with Gasteiger partial charge in [-0.25, -0.2) is 4.79 Å². The van der Waals surface area contributed by atoms with Crippen LogP contribution in [-0.4, -0.2) is 25.2 Å². The third kappa shape index (κ3) is 4.18. The topological polar surface area (TPSA) is 74.3 Å². The van der Waals surface area contributed by atoms with Crippen molar-refractivity contribution >= 4 is 22.8 Å². The van der Waals surface area contributed by atoms with Gasteiger partial charge >= 0.3 is 5.69 Å². The number of anilines is 2. The van der Waals surface area contributed by atoms with E-state index >= 15 is 0 Å². The molecule has 1 aliphatic rings. The number of fused-ring (bicyclic) bond motifs is 3. The first-order valence-electron chi connectivity index (χ1n) is 12.7. The van der Waals surface area contributed by atoms with Crippen molar-refractivity contribution in [3.8, 4) is 11.5 Å². The largest absolute Gasteiger partial charge is 0.457 e. The molecule has 0 amide bonds. The van der Waals surface area contributed by atoms with Gasteiger partial charge in [0.1, 0.15) is 11.5 Å². The molecule has 0 unspecified atom stereocenters. The summed E-state index contributed by atoms with van der Waals surface area (Å²) >= 11 is 0. The number of ether oxygens (including phenoxy) is 1. The van der Waals surface area contributed by atoms with Gasteiger partial charge in [0.05, 0.1) is 6.54 Å². The second kappa shape index (κ2) is 9.37. The summed E-state index contributed by atoms with van der Waals surface area (Å²) in [7, 11) is 1.68. The summed E-state index contributed by atoms with van der Waals surface area (Å²) in [5.41, 5.74) is 3.10. The molecule has 8 nitrogen and oxygen atoms in total. The molecule has 0 saturated heterocycles. The first kappa shape index (κ1) is 23.8. The van der Waals surface area contributed by atoms with Crippen LogP contribution in [0.1, 0.15) is 18.1 Å². The molecule has 3 aromatic carbocycles. The lowest BCUT2D eigenvalue weighted by atomic mass is 10.1. The van der Waals surface area contributed by atoms with Gasteiger partial charge in [-0.2, -0.15) is 4.98 Å². The van der Waals surface area contributed by atoms with Crippen LogP contribution in [0.2, 0.25) is 0 Å². The summed E-state index contributed by atoms with van der Waals surface area (Å²) in [6.45, 7) is 5.76. The molecule has 8 heteroatoms. The average molecular weight is 508 g/mol. The number of aryl methyl sites for hydroxylation is 2. The maximum atomic E-state index is 13.7. The number of para-hydroxylation sites is 1. The SMILES string of the molecule is Cc1cccc(Cn2c(=O)c3c(nc4n3C[C@H](C)CN4c3ccc(Oc4ccccc4)cc3)n(C)c2=O)c1. The number of aromatic nitrogens is 4. The highest BCUT2D eigenvalue weighted by Gasteiger charge is 2.30. The normalized spacial score (nSPS) is 15.0. The van der Waals surface area contributed by atoms with Crippen molar-refractivity contribution in [2.45, 2.75) is 26.9 Å². The Kier molecular flexibility index (Phi) is 5.87. The van der Waals surface area contributed by atoms with Gasteiger partial charge in [-0.15, -0.1) is 0 Å². The molecule has 3 heterocycles. The monoisotopic (exact) mass is 507 g/mol. The van der Waals surface area contributed by atoms with Crippen LogP contribution >= 0.6 is 0 Å². The Hall–Kier alpha value is -4.59. The van der Waals surface area contributed by atoms with Crippen molar-refractivity contribution in [2.24, 2.45) is 13.0 Å². The number of imidazole rings is 1. The summed E-state index contributed by atoms with van der Waals surface area (Å²) < 4.78 is 10.7. The quantitative estimate of drug-likeness (QED) is 0.341. The van der Waals surface area contributed by atoms with Crippen molar-refractivity contribution in [3.05, 3.63) is 111 Å². The van der Waals surface area contributed by atoms with Crippen molar-refractivity contribution in [1.82, 2.24) is 18.7 Å². The van der Waals surface area contributed by atoms with Crippen LogP contribution in [0, 0.1) is 12.8 Å². The van der Waals surface area contributed by atoms with Gasteiger partial charge in [0.2, 0.25) is 5.95 Å². The Morgan fingerprint density at radius 1 is 0.921 bits per heavy atom. The lowest BCUT2D eigenvalue weighted by Crippen LogP contribution is -2.40. The van der Waals surface area contributed by atoms with Crippen molar-refractivity contribution in [1.29, 1.82) is 0 Å². The van der Waals surface area contributed by atoms with E-state index in [-0.39, 0.29) is 23.7 Å². The zero-order valence-electron chi connectivity index (χ0n) is 21.7. The Bertz CT molecular complexity index is 1750. The predicted octanol–water partition coefficient (Wildman–Crippen LogP) is 4.83. The summed E-state index contributed by atoms with van der Waals surface area (Å²) in [5.74, 6) is 2.44. The number of hydrogen-bond donors (Lipinski definition) is 0. The van der Waals surface area contributed by atoms with E-state index < -0.39 is 0 Å². The zero-order chi connectivity index (χ0) is 26.4. The van der Waals surface area contributed by atoms with Gasteiger partial charge in [-0.05, 0) is 54.8 Å². The minimum Gasteiger partial charge on any atom is -0.457 e. The summed E-state index contributed by atoms with van der Waals surface area (Å²) in [6.07, 6.45) is 0. The maximum absolute atomic E-state index is 13.7. The van der Waals surface area contributed by atoms with E-state index in [1.54, 1.807) is 7.05 Å². The van der Waals surface area contributed by atoms with Crippen molar-refractivity contribution in [3.63, 3.8) is 0 Å². The van der Waals surface area contributed by atoms with Gasteiger partial charge in [-0.3, -0.25) is 13.9 Å². The van der Waals surface area contributed by atoms with E-state index in [1.165, 1.54) is 9.13 Å². The fourth-order valence-corrected chi connectivity index (χ4v) is 5.17. The number of hydrogen-bond acceptors (Lipinski definition) is 5. The molecule has 1 aliphatic heterocycles. The molecule has 38 heavy (non-hydrogen) atoms. The first-order chi connectivity index (χ1) is 18.4. The summed E-state index contributed by atoms with van der Waals surface area (Å²) in [4.78, 5) is 33.9. The van der Waals surface area contributed by atoms with E-state index in [9.17, 15) is 9.59 Å². The zero-order valence-corrected chi connectivity index (χ0v) is 21.7. The molecule has 0 radical (unpaired) electrons. The van der Waals surface area contributed by atoms with Gasteiger partial charge in [0.15, 0.2) is 11.2 Å². The number of nitrogens with zero attached hydrogens (tertiary/aromatic N) is 5. The highest BCUT2D eigenvalue weighted by atomic mass is 16.5. The molecular weight excluding hydrogens is 478 g/mol. The molecule has 0 saturated carbocycles. The van der Waals surface area contributed by atoms with Crippen LogP contribution < -0.4 is 20.9 Å². The minimum atomic E-state index is -0.374. The van der Waals surface area contributed by atoms with Crippen LogP contribution in [0.25, 0.3) is 11.2 Å². The lowest BCUT2D eigenvalue weighted by Gasteiger charge is -2.33. The highest BCUT2D eigenvalue weighted by Crippen LogP contribution is 2.34. The molecular formula is C30H29N5O3. The third-order valence-corrected chi connectivity index (χ3v) is 6.99. The van der Waals surface area contributed by atoms with Gasteiger partial charge in [0, 0.05) is 25.8 Å². The number of rotatable bonds is 5. The molecule has 192 valence electrons. The molecule has 0 bridgehead atoms. The van der Waals surface area contributed by atoms with Gasteiger partial charge in [0.25, 0.3) is 5.56 Å².